The van der Waals surface area contributed by atoms with Crippen molar-refractivity contribution in [2.75, 3.05) is 7.11 Å². The zero-order valence-electron chi connectivity index (χ0n) is 15.4. The lowest BCUT2D eigenvalue weighted by Gasteiger charge is -2.27. The molecule has 28 heavy (non-hydrogen) atoms. The van der Waals surface area contributed by atoms with Gasteiger partial charge in [-0.05, 0) is 36.4 Å². The highest BCUT2D eigenvalue weighted by molar-refractivity contribution is 8.02. The molecule has 1 heterocycles. The normalized spacial score (nSPS) is 17.1. The van der Waals surface area contributed by atoms with E-state index in [2.05, 4.69) is 10.1 Å². The third kappa shape index (κ3) is 5.77. The van der Waals surface area contributed by atoms with E-state index < -0.39 is 41.0 Å². The second kappa shape index (κ2) is 9.65. The highest BCUT2D eigenvalue weighted by atomic mass is 32.2. The molecule has 7 nitrogen and oxygen atoms in total. The van der Waals surface area contributed by atoms with Crippen LogP contribution in [0.4, 0.5) is 8.78 Å². The van der Waals surface area contributed by atoms with Crippen LogP contribution < -0.4 is 11.1 Å². The Bertz CT molecular complexity index is 783. The van der Waals surface area contributed by atoms with Crippen molar-refractivity contribution in [1.82, 2.24) is 10.2 Å². The lowest BCUT2D eigenvalue weighted by atomic mass is 10.1. The van der Waals surface area contributed by atoms with Gasteiger partial charge in [-0.1, -0.05) is 11.8 Å². The van der Waals surface area contributed by atoms with Crippen LogP contribution in [0.1, 0.15) is 25.3 Å². The third-order valence-corrected chi connectivity index (χ3v) is 4.89. The molecule has 1 aromatic rings. The second-order valence-corrected chi connectivity index (χ2v) is 7.15. The van der Waals surface area contributed by atoms with Crippen LogP contribution in [0, 0.1) is 11.6 Å². The van der Waals surface area contributed by atoms with Gasteiger partial charge < -0.3 is 15.8 Å². The predicted molar refractivity (Wildman–Crippen MR) is 99.4 cm³/mol. The Morgan fingerprint density at radius 2 is 1.93 bits per heavy atom. The van der Waals surface area contributed by atoms with Gasteiger partial charge in [0.25, 0.3) is 5.91 Å². The van der Waals surface area contributed by atoms with E-state index in [4.69, 9.17) is 5.73 Å². The van der Waals surface area contributed by atoms with E-state index in [1.807, 2.05) is 0 Å². The summed E-state index contributed by atoms with van der Waals surface area (Å²) >= 11 is 1.22. The Morgan fingerprint density at radius 1 is 1.29 bits per heavy atom. The number of ether oxygens (including phenoxy) is 1. The standard InChI is InChI=1S/C18H21F2N3O4S/c1-10(22-15(24)7-11-5-12(19)8-13(20)6-11)17(26)23-14(9-28-18(23)21)3-4-16(25)27-2/h5-6,8-10,18H,3-4,7,21H2,1-2H3,(H,22,24)/t10-,18?/m0/s1. The fourth-order valence-corrected chi connectivity index (χ4v) is 3.56. The second-order valence-electron chi connectivity index (χ2n) is 6.16. The van der Waals surface area contributed by atoms with E-state index in [0.29, 0.717) is 11.8 Å². The van der Waals surface area contributed by atoms with Crippen molar-refractivity contribution in [3.8, 4) is 0 Å². The number of carbonyl (C=O) groups excluding carboxylic acids is 3. The molecule has 2 rings (SSSR count). The Hall–Kier alpha value is -2.46. The van der Waals surface area contributed by atoms with Gasteiger partial charge >= 0.3 is 5.97 Å². The summed E-state index contributed by atoms with van der Waals surface area (Å²) in [6, 6.07) is 1.89. The zero-order valence-corrected chi connectivity index (χ0v) is 16.2. The average molecular weight is 413 g/mol. The van der Waals surface area contributed by atoms with Crippen molar-refractivity contribution in [2.24, 2.45) is 5.73 Å². The Kier molecular flexibility index (Phi) is 7.53. The molecule has 1 aliphatic heterocycles. The summed E-state index contributed by atoms with van der Waals surface area (Å²) in [5.74, 6) is -3.00. The molecule has 1 aliphatic rings. The fourth-order valence-electron chi connectivity index (χ4n) is 2.67. The van der Waals surface area contributed by atoms with Crippen LogP contribution in [0.5, 0.6) is 0 Å². The third-order valence-electron chi connectivity index (χ3n) is 3.99. The van der Waals surface area contributed by atoms with E-state index in [1.165, 1.54) is 30.7 Å². The number of halogens is 2. The molecule has 0 radical (unpaired) electrons. The van der Waals surface area contributed by atoms with E-state index in [0.717, 1.165) is 12.1 Å². The number of hydrogen-bond donors (Lipinski definition) is 2. The van der Waals surface area contributed by atoms with Gasteiger partial charge in [0.2, 0.25) is 5.91 Å². The van der Waals surface area contributed by atoms with Crippen LogP contribution in [0.25, 0.3) is 0 Å². The minimum absolute atomic E-state index is 0.0886. The van der Waals surface area contributed by atoms with Gasteiger partial charge in [0.1, 0.15) is 23.2 Å². The van der Waals surface area contributed by atoms with Crippen LogP contribution in [-0.2, 0) is 25.5 Å². The molecule has 2 amide bonds. The summed E-state index contributed by atoms with van der Waals surface area (Å²) in [6.07, 6.45) is 0.0752. The quantitative estimate of drug-likeness (QED) is 0.659. The van der Waals surface area contributed by atoms with E-state index in [9.17, 15) is 23.2 Å². The summed E-state index contributed by atoms with van der Waals surface area (Å²) in [6.45, 7) is 1.49. The molecule has 0 bridgehead atoms. The Balaban J connectivity index is 1.97. The van der Waals surface area contributed by atoms with Gasteiger partial charge in [0.05, 0.1) is 20.0 Å². The molecule has 3 N–H and O–H groups in total. The number of carbonyl (C=O) groups is 3. The van der Waals surface area contributed by atoms with Crippen LogP contribution in [0.15, 0.2) is 29.3 Å². The number of thioether (sulfide) groups is 1. The molecule has 1 aromatic carbocycles. The summed E-state index contributed by atoms with van der Waals surface area (Å²) < 4.78 is 31.0. The topological polar surface area (TPSA) is 102 Å². The minimum Gasteiger partial charge on any atom is -0.469 e. The van der Waals surface area contributed by atoms with Gasteiger partial charge in [0.15, 0.2) is 0 Å². The monoisotopic (exact) mass is 413 g/mol. The first kappa shape index (κ1) is 21.8. The molecule has 0 spiro atoms. The SMILES string of the molecule is COC(=O)CCC1=CSC(N)N1C(=O)[C@H](C)NC(=O)Cc1cc(F)cc(F)c1. The number of esters is 1. The van der Waals surface area contributed by atoms with Gasteiger partial charge in [-0.3, -0.25) is 19.3 Å². The number of nitrogens with zero attached hydrogens (tertiary/aromatic N) is 1. The van der Waals surface area contributed by atoms with Crippen molar-refractivity contribution in [1.29, 1.82) is 0 Å². The molecule has 1 unspecified atom stereocenters. The molecule has 0 fully saturated rings. The molecule has 10 heteroatoms. The number of amides is 2. The summed E-state index contributed by atoms with van der Waals surface area (Å²) in [5.41, 5.74) is 5.98. The van der Waals surface area contributed by atoms with Crippen molar-refractivity contribution in [2.45, 2.75) is 37.7 Å². The maximum Gasteiger partial charge on any atom is 0.305 e. The van der Waals surface area contributed by atoms with Crippen LogP contribution in [-0.4, -0.2) is 41.3 Å². The van der Waals surface area contributed by atoms with E-state index in [1.54, 1.807) is 5.41 Å². The van der Waals surface area contributed by atoms with Gasteiger partial charge in [-0.15, -0.1) is 0 Å². The number of methoxy groups -OCH3 is 1. The smallest absolute Gasteiger partial charge is 0.305 e. The highest BCUT2D eigenvalue weighted by Crippen LogP contribution is 2.31. The van der Waals surface area contributed by atoms with Crippen molar-refractivity contribution < 1.29 is 27.9 Å². The average Bonchev–Trinajstić information content (AvgIpc) is 2.98. The van der Waals surface area contributed by atoms with Gasteiger partial charge in [-0.25, -0.2) is 8.78 Å². The first-order valence-electron chi connectivity index (χ1n) is 8.45. The molecule has 0 aromatic heterocycles. The molecule has 0 saturated heterocycles. The number of benzene rings is 1. The van der Waals surface area contributed by atoms with Gasteiger partial charge in [0, 0.05) is 11.8 Å². The number of nitrogens with one attached hydrogen (secondary N) is 1. The first-order valence-corrected chi connectivity index (χ1v) is 9.40. The van der Waals surface area contributed by atoms with Crippen LogP contribution in [0.3, 0.4) is 0 Å². The fraction of sp³-hybridized carbons (Fsp3) is 0.389. The zero-order chi connectivity index (χ0) is 20.8. The summed E-state index contributed by atoms with van der Waals surface area (Å²) in [5, 5.41) is 4.19. The highest BCUT2D eigenvalue weighted by Gasteiger charge is 2.33. The Morgan fingerprint density at radius 3 is 2.54 bits per heavy atom. The lowest BCUT2D eigenvalue weighted by Crippen LogP contribution is -2.50. The van der Waals surface area contributed by atoms with Crippen molar-refractivity contribution in [3.63, 3.8) is 0 Å². The van der Waals surface area contributed by atoms with Crippen molar-refractivity contribution in [3.05, 3.63) is 46.5 Å². The number of hydrogen-bond acceptors (Lipinski definition) is 6. The minimum atomic E-state index is -0.919. The Labute approximate surface area is 165 Å². The maximum atomic E-state index is 13.2. The lowest BCUT2D eigenvalue weighted by molar-refractivity contribution is -0.141. The largest absolute Gasteiger partial charge is 0.469 e. The summed E-state index contributed by atoms with van der Waals surface area (Å²) in [4.78, 5) is 37.5. The molecule has 0 aliphatic carbocycles. The number of rotatable bonds is 7. The number of allylic oxidation sites excluding steroid dienone is 1. The van der Waals surface area contributed by atoms with Crippen LogP contribution >= 0.6 is 11.8 Å². The number of nitrogens with two attached hydrogens (primary N) is 1. The molecular weight excluding hydrogens is 392 g/mol. The van der Waals surface area contributed by atoms with E-state index >= 15 is 0 Å². The van der Waals surface area contributed by atoms with Crippen molar-refractivity contribution >= 4 is 29.5 Å². The molecule has 152 valence electrons. The maximum absolute atomic E-state index is 13.2. The molecule has 0 saturated carbocycles. The molecule has 2 atom stereocenters. The molecular formula is C18H21F2N3O4S. The first-order chi connectivity index (χ1) is 13.2. The predicted octanol–water partition coefficient (Wildman–Crippen LogP) is 1.62. The van der Waals surface area contributed by atoms with Gasteiger partial charge in [-0.2, -0.15) is 0 Å². The summed E-state index contributed by atoms with van der Waals surface area (Å²) in [7, 11) is 1.27. The van der Waals surface area contributed by atoms with E-state index in [-0.39, 0.29) is 24.8 Å². The van der Waals surface area contributed by atoms with Crippen LogP contribution in [0.2, 0.25) is 0 Å².